The fourth-order valence-corrected chi connectivity index (χ4v) is 4.64. The van der Waals surface area contributed by atoms with Crippen molar-refractivity contribution in [3.8, 4) is 0 Å². The van der Waals surface area contributed by atoms with Gasteiger partial charge in [-0.05, 0) is 56.4 Å². The Morgan fingerprint density at radius 1 is 1.33 bits per heavy atom. The number of hydrogen-bond acceptors (Lipinski definition) is 3. The van der Waals surface area contributed by atoms with E-state index in [4.69, 9.17) is 0 Å². The lowest BCUT2D eigenvalue weighted by atomic mass is 9.81. The molecule has 118 valence electrons. The molecule has 1 aromatic rings. The SMILES string of the molecule is CCC1(CC)CN(CCc2cccs2)C(C)(C2CC2)CN1. The second kappa shape index (κ2) is 6.02. The molecule has 2 heterocycles. The number of hydrogen-bond donors (Lipinski definition) is 1. The third kappa shape index (κ3) is 3.06. The van der Waals surface area contributed by atoms with Gasteiger partial charge in [0.05, 0.1) is 0 Å². The lowest BCUT2D eigenvalue weighted by Gasteiger charge is -2.54. The van der Waals surface area contributed by atoms with Gasteiger partial charge in [0.15, 0.2) is 0 Å². The largest absolute Gasteiger partial charge is 0.308 e. The van der Waals surface area contributed by atoms with Crippen molar-refractivity contribution in [3.05, 3.63) is 22.4 Å². The molecular weight excluding hydrogens is 276 g/mol. The average Bonchev–Trinajstić information content (AvgIpc) is 3.25. The maximum atomic E-state index is 3.93. The van der Waals surface area contributed by atoms with Crippen LogP contribution in [-0.2, 0) is 6.42 Å². The van der Waals surface area contributed by atoms with Crippen LogP contribution in [0.4, 0.5) is 0 Å². The third-order valence-corrected chi connectivity index (χ3v) is 6.99. The van der Waals surface area contributed by atoms with E-state index >= 15 is 0 Å². The van der Waals surface area contributed by atoms with Crippen LogP contribution in [0.2, 0.25) is 0 Å². The summed E-state index contributed by atoms with van der Waals surface area (Å²) in [5.74, 6) is 0.917. The summed E-state index contributed by atoms with van der Waals surface area (Å²) in [7, 11) is 0. The quantitative estimate of drug-likeness (QED) is 0.857. The van der Waals surface area contributed by atoms with Gasteiger partial charge in [-0.1, -0.05) is 19.9 Å². The predicted molar refractivity (Wildman–Crippen MR) is 92.0 cm³/mol. The molecular formula is C18H30N2S. The molecule has 1 aromatic heterocycles. The van der Waals surface area contributed by atoms with Crippen molar-refractivity contribution >= 4 is 11.3 Å². The predicted octanol–water partition coefficient (Wildman–Crippen LogP) is 3.92. The lowest BCUT2D eigenvalue weighted by molar-refractivity contribution is -0.00115. The first-order chi connectivity index (χ1) is 10.1. The Labute approximate surface area is 133 Å². The molecule has 0 radical (unpaired) electrons. The van der Waals surface area contributed by atoms with E-state index in [1.54, 1.807) is 0 Å². The van der Waals surface area contributed by atoms with Crippen molar-refractivity contribution in [1.29, 1.82) is 0 Å². The first-order valence-electron chi connectivity index (χ1n) is 8.64. The van der Waals surface area contributed by atoms with Crippen molar-refractivity contribution in [2.24, 2.45) is 5.92 Å². The summed E-state index contributed by atoms with van der Waals surface area (Å²) >= 11 is 1.90. The van der Waals surface area contributed by atoms with E-state index < -0.39 is 0 Å². The Kier molecular flexibility index (Phi) is 4.45. The Morgan fingerprint density at radius 3 is 2.67 bits per heavy atom. The van der Waals surface area contributed by atoms with Crippen LogP contribution in [0.1, 0.15) is 51.3 Å². The van der Waals surface area contributed by atoms with Crippen LogP contribution in [0.15, 0.2) is 17.5 Å². The van der Waals surface area contributed by atoms with E-state index in [1.807, 2.05) is 11.3 Å². The standard InChI is InChI=1S/C18H30N2S/c1-4-18(5-2)14-20(11-10-16-7-6-12-21-16)17(3,13-19-18)15-8-9-15/h6-7,12,15,19H,4-5,8-11,13-14H2,1-3H3. The van der Waals surface area contributed by atoms with Crippen LogP contribution >= 0.6 is 11.3 Å². The molecule has 0 spiro atoms. The van der Waals surface area contributed by atoms with Crippen LogP contribution in [0.5, 0.6) is 0 Å². The molecule has 1 N–H and O–H groups in total. The number of nitrogens with zero attached hydrogens (tertiary/aromatic N) is 1. The highest BCUT2D eigenvalue weighted by atomic mass is 32.1. The van der Waals surface area contributed by atoms with Gasteiger partial charge in [0.1, 0.15) is 0 Å². The molecule has 0 amide bonds. The van der Waals surface area contributed by atoms with Crippen molar-refractivity contribution in [2.45, 2.75) is 64.0 Å². The van der Waals surface area contributed by atoms with Crippen molar-refractivity contribution < 1.29 is 0 Å². The Balaban J connectivity index is 1.73. The number of rotatable bonds is 6. The number of nitrogens with one attached hydrogen (secondary N) is 1. The normalized spacial score (nSPS) is 29.7. The summed E-state index contributed by atoms with van der Waals surface area (Å²) in [5, 5.41) is 6.13. The van der Waals surface area contributed by atoms with E-state index in [2.05, 4.69) is 48.5 Å². The lowest BCUT2D eigenvalue weighted by Crippen LogP contribution is -2.69. The minimum atomic E-state index is 0.337. The topological polar surface area (TPSA) is 15.3 Å². The molecule has 1 aliphatic heterocycles. The Bertz CT molecular complexity index is 448. The van der Waals surface area contributed by atoms with Gasteiger partial charge < -0.3 is 5.32 Å². The van der Waals surface area contributed by atoms with Gasteiger partial charge in [-0.15, -0.1) is 11.3 Å². The minimum absolute atomic E-state index is 0.337. The summed E-state index contributed by atoms with van der Waals surface area (Å²) in [4.78, 5) is 4.36. The molecule has 3 rings (SSSR count). The second-order valence-corrected chi connectivity index (χ2v) is 8.26. The highest BCUT2D eigenvalue weighted by Gasteiger charge is 2.50. The molecule has 1 saturated heterocycles. The molecule has 3 heteroatoms. The van der Waals surface area contributed by atoms with Gasteiger partial charge in [-0.3, -0.25) is 4.90 Å². The monoisotopic (exact) mass is 306 g/mol. The van der Waals surface area contributed by atoms with Gasteiger partial charge in [0.25, 0.3) is 0 Å². The maximum Gasteiger partial charge on any atom is 0.0335 e. The number of piperazine rings is 1. The molecule has 1 unspecified atom stereocenters. The Morgan fingerprint density at radius 2 is 2.10 bits per heavy atom. The zero-order valence-corrected chi connectivity index (χ0v) is 14.6. The van der Waals surface area contributed by atoms with E-state index in [1.165, 1.54) is 56.6 Å². The second-order valence-electron chi connectivity index (χ2n) is 7.22. The van der Waals surface area contributed by atoms with Crippen LogP contribution < -0.4 is 5.32 Å². The van der Waals surface area contributed by atoms with E-state index in [9.17, 15) is 0 Å². The van der Waals surface area contributed by atoms with Crippen LogP contribution in [0, 0.1) is 5.92 Å². The highest BCUT2D eigenvalue weighted by molar-refractivity contribution is 7.09. The maximum absolute atomic E-state index is 3.93. The average molecular weight is 307 g/mol. The fourth-order valence-electron chi connectivity index (χ4n) is 3.95. The molecule has 2 fully saturated rings. The van der Waals surface area contributed by atoms with Gasteiger partial charge in [0, 0.05) is 35.6 Å². The van der Waals surface area contributed by atoms with Gasteiger partial charge in [0.2, 0.25) is 0 Å². The van der Waals surface area contributed by atoms with Crippen molar-refractivity contribution in [2.75, 3.05) is 19.6 Å². The van der Waals surface area contributed by atoms with Crippen LogP contribution in [-0.4, -0.2) is 35.6 Å². The summed E-state index contributed by atoms with van der Waals surface area (Å²) < 4.78 is 0. The molecule has 21 heavy (non-hydrogen) atoms. The van der Waals surface area contributed by atoms with Gasteiger partial charge >= 0.3 is 0 Å². The van der Waals surface area contributed by atoms with E-state index in [0.717, 1.165) is 5.92 Å². The Hall–Kier alpha value is -0.380. The smallest absolute Gasteiger partial charge is 0.0335 e. The van der Waals surface area contributed by atoms with Crippen molar-refractivity contribution in [1.82, 2.24) is 10.2 Å². The fraction of sp³-hybridized carbons (Fsp3) is 0.778. The van der Waals surface area contributed by atoms with Crippen LogP contribution in [0.3, 0.4) is 0 Å². The summed E-state index contributed by atoms with van der Waals surface area (Å²) in [6, 6.07) is 4.47. The third-order valence-electron chi connectivity index (χ3n) is 6.06. The summed E-state index contributed by atoms with van der Waals surface area (Å²) in [6.45, 7) is 10.8. The molecule has 2 nitrogen and oxygen atoms in total. The molecule has 0 aromatic carbocycles. The van der Waals surface area contributed by atoms with Crippen LogP contribution in [0.25, 0.3) is 0 Å². The summed E-state index contributed by atoms with van der Waals surface area (Å²) in [5.41, 5.74) is 0.717. The molecule has 0 bridgehead atoms. The molecule has 1 aliphatic carbocycles. The zero-order valence-electron chi connectivity index (χ0n) is 13.8. The zero-order chi connectivity index (χ0) is 14.9. The highest BCUT2D eigenvalue weighted by Crippen LogP contribution is 2.45. The summed E-state index contributed by atoms with van der Waals surface area (Å²) in [6.07, 6.45) is 6.54. The van der Waals surface area contributed by atoms with E-state index in [0.29, 0.717) is 11.1 Å². The van der Waals surface area contributed by atoms with Gasteiger partial charge in [-0.2, -0.15) is 0 Å². The first kappa shape index (κ1) is 15.5. The first-order valence-corrected chi connectivity index (χ1v) is 9.52. The molecule has 1 saturated carbocycles. The number of thiophene rings is 1. The van der Waals surface area contributed by atoms with Crippen molar-refractivity contribution in [3.63, 3.8) is 0 Å². The van der Waals surface area contributed by atoms with E-state index in [-0.39, 0.29) is 0 Å². The molecule has 1 atom stereocenters. The molecule has 2 aliphatic rings. The van der Waals surface area contributed by atoms with Gasteiger partial charge in [-0.25, -0.2) is 0 Å². The minimum Gasteiger partial charge on any atom is -0.308 e.